The maximum Gasteiger partial charge on any atom is 0.277 e. The van der Waals surface area contributed by atoms with Crippen LogP contribution in [0.2, 0.25) is 0 Å². The van der Waals surface area contributed by atoms with Gasteiger partial charge in [-0.1, -0.05) is 12.1 Å². The zero-order valence-electron chi connectivity index (χ0n) is 10.2. The summed E-state index contributed by atoms with van der Waals surface area (Å²) < 4.78 is 32.6. The Bertz CT molecular complexity index is 357. The van der Waals surface area contributed by atoms with Gasteiger partial charge in [0, 0.05) is 13.7 Å². The van der Waals surface area contributed by atoms with E-state index in [-0.39, 0.29) is 19.0 Å². The second-order valence-corrected chi connectivity index (χ2v) is 5.16. The van der Waals surface area contributed by atoms with Gasteiger partial charge in [0.15, 0.2) is 5.84 Å². The summed E-state index contributed by atoms with van der Waals surface area (Å²) in [4.78, 5) is 0. The van der Waals surface area contributed by atoms with Gasteiger partial charge in [0.25, 0.3) is 10.2 Å². The van der Waals surface area contributed by atoms with Crippen LogP contribution in [-0.2, 0) is 14.9 Å². The molecule has 5 N–H and O–H groups in total. The molecule has 0 spiro atoms. The Balaban J connectivity index is 4.67. The van der Waals surface area contributed by atoms with Crippen LogP contribution in [0.15, 0.2) is 5.16 Å². The average molecular weight is 268 g/mol. The molecule has 0 aromatic heterocycles. The molecule has 102 valence electrons. The zero-order valence-corrected chi connectivity index (χ0v) is 11.0. The van der Waals surface area contributed by atoms with Crippen molar-refractivity contribution in [1.82, 2.24) is 9.44 Å². The van der Waals surface area contributed by atoms with Gasteiger partial charge in [0.2, 0.25) is 0 Å². The Hall–Kier alpha value is -0.900. The highest BCUT2D eigenvalue weighted by atomic mass is 32.2. The van der Waals surface area contributed by atoms with Crippen LogP contribution in [0.4, 0.5) is 0 Å². The molecular weight excluding hydrogens is 248 g/mol. The van der Waals surface area contributed by atoms with Crippen molar-refractivity contribution in [3.8, 4) is 0 Å². The van der Waals surface area contributed by atoms with Gasteiger partial charge >= 0.3 is 0 Å². The molecule has 0 amide bonds. The monoisotopic (exact) mass is 268 g/mol. The summed E-state index contributed by atoms with van der Waals surface area (Å²) in [5, 5.41) is 11.4. The highest BCUT2D eigenvalue weighted by molar-refractivity contribution is 7.87. The summed E-state index contributed by atoms with van der Waals surface area (Å²) in [7, 11) is -2.26. The van der Waals surface area contributed by atoms with Crippen LogP contribution in [0.1, 0.15) is 20.3 Å². The molecule has 0 fully saturated rings. The van der Waals surface area contributed by atoms with Crippen LogP contribution in [-0.4, -0.2) is 45.3 Å². The lowest BCUT2D eigenvalue weighted by Gasteiger charge is -2.27. The maximum absolute atomic E-state index is 11.6. The minimum Gasteiger partial charge on any atom is -0.409 e. The number of hydrogen-bond acceptors (Lipinski definition) is 5. The number of hydrogen-bond donors (Lipinski definition) is 4. The standard InChI is InChI=1S/C8H20N4O4S/c1-4-8(2,7(9)11-13)12-17(14,15)10-5-6-16-3/h10,12-13H,4-6H2,1-3H3,(H2,9,11). The second kappa shape index (κ2) is 6.74. The van der Waals surface area contributed by atoms with Crippen LogP contribution in [0.5, 0.6) is 0 Å². The summed E-state index contributed by atoms with van der Waals surface area (Å²) in [5.41, 5.74) is 4.31. The lowest BCUT2D eigenvalue weighted by Crippen LogP contribution is -2.57. The number of oxime groups is 1. The fraction of sp³-hybridized carbons (Fsp3) is 0.875. The van der Waals surface area contributed by atoms with E-state index in [1.807, 2.05) is 0 Å². The summed E-state index contributed by atoms with van der Waals surface area (Å²) in [5.74, 6) is -0.197. The van der Waals surface area contributed by atoms with Gasteiger partial charge in [-0.2, -0.15) is 17.9 Å². The number of rotatable bonds is 8. The molecule has 0 aromatic carbocycles. The number of amidine groups is 1. The Labute approximate surface area is 101 Å². The smallest absolute Gasteiger partial charge is 0.277 e. The van der Waals surface area contributed by atoms with Crippen LogP contribution < -0.4 is 15.2 Å². The molecular formula is C8H20N4O4S. The molecule has 0 aromatic rings. The molecule has 0 heterocycles. The summed E-state index contributed by atoms with van der Waals surface area (Å²) in [6.07, 6.45) is 0.341. The van der Waals surface area contributed by atoms with Gasteiger partial charge in [-0.05, 0) is 13.3 Å². The third kappa shape index (κ3) is 5.31. The van der Waals surface area contributed by atoms with E-state index < -0.39 is 15.7 Å². The Kier molecular flexibility index (Phi) is 6.39. The number of nitrogens with two attached hydrogens (primary N) is 1. The molecule has 9 heteroatoms. The predicted molar refractivity (Wildman–Crippen MR) is 64.0 cm³/mol. The lowest BCUT2D eigenvalue weighted by atomic mass is 10.00. The van der Waals surface area contributed by atoms with E-state index in [4.69, 9.17) is 15.7 Å². The Morgan fingerprint density at radius 1 is 1.59 bits per heavy atom. The number of methoxy groups -OCH3 is 1. The van der Waals surface area contributed by atoms with Crippen molar-refractivity contribution >= 4 is 16.0 Å². The molecule has 0 radical (unpaired) electrons. The first-order valence-electron chi connectivity index (χ1n) is 5.07. The van der Waals surface area contributed by atoms with Crippen LogP contribution in [0, 0.1) is 0 Å². The van der Waals surface area contributed by atoms with Crippen molar-refractivity contribution in [2.24, 2.45) is 10.9 Å². The third-order valence-electron chi connectivity index (χ3n) is 2.34. The van der Waals surface area contributed by atoms with Gasteiger partial charge in [-0.3, -0.25) is 0 Å². The van der Waals surface area contributed by atoms with Crippen molar-refractivity contribution in [3.63, 3.8) is 0 Å². The first-order chi connectivity index (χ1) is 7.81. The molecule has 8 nitrogen and oxygen atoms in total. The minimum atomic E-state index is -3.73. The Morgan fingerprint density at radius 2 is 2.18 bits per heavy atom. The van der Waals surface area contributed by atoms with Gasteiger partial charge in [-0.15, -0.1) is 0 Å². The van der Waals surface area contributed by atoms with Crippen molar-refractivity contribution < 1.29 is 18.4 Å². The van der Waals surface area contributed by atoms with Gasteiger partial charge in [0.05, 0.1) is 12.1 Å². The molecule has 1 atom stereocenters. The SMILES string of the molecule is CCC(C)(NS(=O)(=O)NCCOC)C(N)=NO. The first-order valence-corrected chi connectivity index (χ1v) is 6.55. The minimum absolute atomic E-state index is 0.141. The topological polar surface area (TPSA) is 126 Å². The zero-order chi connectivity index (χ0) is 13.5. The highest BCUT2D eigenvalue weighted by Crippen LogP contribution is 2.10. The van der Waals surface area contributed by atoms with Gasteiger partial charge in [0.1, 0.15) is 0 Å². The maximum atomic E-state index is 11.6. The van der Waals surface area contributed by atoms with Crippen LogP contribution in [0.3, 0.4) is 0 Å². The van der Waals surface area contributed by atoms with E-state index in [1.165, 1.54) is 14.0 Å². The van der Waals surface area contributed by atoms with Crippen molar-refractivity contribution in [1.29, 1.82) is 0 Å². The van der Waals surface area contributed by atoms with Crippen molar-refractivity contribution in [3.05, 3.63) is 0 Å². The van der Waals surface area contributed by atoms with E-state index in [0.717, 1.165) is 0 Å². The molecule has 0 aliphatic carbocycles. The molecule has 17 heavy (non-hydrogen) atoms. The quantitative estimate of drug-likeness (QED) is 0.147. The molecule has 0 rings (SSSR count). The lowest BCUT2D eigenvalue weighted by molar-refractivity contribution is 0.204. The number of nitrogens with zero attached hydrogens (tertiary/aromatic N) is 1. The first kappa shape index (κ1) is 16.1. The van der Waals surface area contributed by atoms with Crippen LogP contribution in [0.25, 0.3) is 0 Å². The molecule has 0 aliphatic heterocycles. The van der Waals surface area contributed by atoms with E-state index >= 15 is 0 Å². The van der Waals surface area contributed by atoms with Crippen molar-refractivity contribution in [2.75, 3.05) is 20.3 Å². The van der Waals surface area contributed by atoms with E-state index in [2.05, 4.69) is 14.6 Å². The molecule has 0 saturated carbocycles. The van der Waals surface area contributed by atoms with Gasteiger partial charge in [-0.25, -0.2) is 0 Å². The summed E-state index contributed by atoms with van der Waals surface area (Å²) in [6, 6.07) is 0. The molecule has 1 unspecified atom stereocenters. The normalized spacial score (nSPS) is 16.8. The van der Waals surface area contributed by atoms with E-state index in [1.54, 1.807) is 6.92 Å². The van der Waals surface area contributed by atoms with E-state index in [9.17, 15) is 8.42 Å². The molecule has 0 bridgehead atoms. The average Bonchev–Trinajstić information content (AvgIpc) is 2.27. The summed E-state index contributed by atoms with van der Waals surface area (Å²) in [6.45, 7) is 3.64. The number of ether oxygens (including phenoxy) is 1. The largest absolute Gasteiger partial charge is 0.409 e. The number of nitrogens with one attached hydrogen (secondary N) is 2. The van der Waals surface area contributed by atoms with E-state index in [0.29, 0.717) is 6.42 Å². The Morgan fingerprint density at radius 3 is 2.59 bits per heavy atom. The highest BCUT2D eigenvalue weighted by Gasteiger charge is 2.32. The predicted octanol–water partition coefficient (Wildman–Crippen LogP) is -1.03. The van der Waals surface area contributed by atoms with Crippen LogP contribution >= 0.6 is 0 Å². The molecule has 0 saturated heterocycles. The third-order valence-corrected chi connectivity index (χ3v) is 3.64. The fourth-order valence-electron chi connectivity index (χ4n) is 1.03. The second-order valence-electron chi connectivity index (χ2n) is 3.66. The molecule has 0 aliphatic rings. The summed E-state index contributed by atoms with van der Waals surface area (Å²) >= 11 is 0. The van der Waals surface area contributed by atoms with Crippen molar-refractivity contribution in [2.45, 2.75) is 25.8 Å². The fourth-order valence-corrected chi connectivity index (χ4v) is 2.29. The van der Waals surface area contributed by atoms with Gasteiger partial charge < -0.3 is 15.7 Å².